The van der Waals surface area contributed by atoms with Gasteiger partial charge in [0.2, 0.25) is 0 Å². The summed E-state index contributed by atoms with van der Waals surface area (Å²) < 4.78 is 10.4. The molecule has 0 unspecified atom stereocenters. The summed E-state index contributed by atoms with van der Waals surface area (Å²) in [6.45, 7) is 9.86. The summed E-state index contributed by atoms with van der Waals surface area (Å²) in [6.07, 6.45) is 3.64. The van der Waals surface area contributed by atoms with Crippen LogP contribution in [0, 0.1) is 0 Å². The maximum absolute atomic E-state index is 2.64. The van der Waals surface area contributed by atoms with Crippen LogP contribution in [0.3, 0.4) is 0 Å². The Bertz CT molecular complexity index is 7400. The molecule has 4 heteroatoms. The van der Waals surface area contributed by atoms with Gasteiger partial charge in [0, 0.05) is 80.6 Å². The average Bonchev–Trinajstić information content (AvgIpc) is 1.52. The van der Waals surface area contributed by atoms with Gasteiger partial charge in [-0.05, 0) is 243 Å². The second kappa shape index (κ2) is 22.0. The summed E-state index contributed by atoms with van der Waals surface area (Å²) in [4.78, 5) is 0. The molecule has 508 valence electrons. The lowest BCUT2D eigenvalue weighted by atomic mass is 9.76. The van der Waals surface area contributed by atoms with Crippen LogP contribution in [0.5, 0.6) is 0 Å². The maximum atomic E-state index is 2.64. The van der Waals surface area contributed by atoms with Gasteiger partial charge in [0.25, 0.3) is 0 Å². The van der Waals surface area contributed by atoms with Crippen LogP contribution in [0.4, 0.5) is 0 Å². The monoisotopic (exact) mass is 1390 g/mol. The summed E-state index contributed by atoms with van der Waals surface area (Å²) >= 11 is 1.89. The molecule has 4 heterocycles. The molecule has 0 amide bonds. The SMILES string of the molecule is CC1(C)c2ccccc2-c2c3c(c4c5ccccc5n(-c5ccc6sc7ccccc7c6c5)c4c21)Cc1cc2cc(-c4cccc(-n5c(-c6ccccc6)c(-c6ccc(-n7c8ccccc8c8c9cc%10c(cc9c9c(c87)C(C)(C)c7ccccc7-9)Cc7ccccc7C%10)cc6)c6ccccc65)c4)ccc2cc1C3. The molecule has 0 atom stereocenters. The Balaban J connectivity index is 0.639. The minimum atomic E-state index is -0.261. The van der Waals surface area contributed by atoms with Gasteiger partial charge in [0.05, 0.1) is 33.3 Å². The van der Waals surface area contributed by atoms with Crippen molar-refractivity contribution in [3.8, 4) is 72.8 Å². The molecule has 0 aliphatic heterocycles. The fourth-order valence-corrected chi connectivity index (χ4v) is 22.1. The number of para-hydroxylation sites is 3. The normalized spacial score (nSPS) is 14.3. The van der Waals surface area contributed by atoms with Crippen molar-refractivity contribution in [2.75, 3.05) is 0 Å². The molecule has 24 rings (SSSR count). The first kappa shape index (κ1) is 60.6. The van der Waals surface area contributed by atoms with Crippen molar-refractivity contribution in [1.29, 1.82) is 0 Å². The van der Waals surface area contributed by atoms with Gasteiger partial charge in [0.1, 0.15) is 0 Å². The lowest BCUT2D eigenvalue weighted by Crippen LogP contribution is -2.18. The number of aromatic nitrogens is 3. The van der Waals surface area contributed by atoms with Crippen molar-refractivity contribution >= 4 is 108 Å². The number of benzene rings is 16. The van der Waals surface area contributed by atoms with Crippen molar-refractivity contribution in [1.82, 2.24) is 13.7 Å². The first-order valence-corrected chi connectivity index (χ1v) is 39.2. The largest absolute Gasteiger partial charge is 0.309 e. The molecule has 0 N–H and O–H groups in total. The molecule has 4 aliphatic rings. The third-order valence-electron chi connectivity index (χ3n) is 25.7. The lowest BCUT2D eigenvalue weighted by molar-refractivity contribution is 0.663. The van der Waals surface area contributed by atoms with Crippen LogP contribution in [0.2, 0.25) is 0 Å². The van der Waals surface area contributed by atoms with Crippen LogP contribution >= 0.6 is 11.3 Å². The van der Waals surface area contributed by atoms with E-state index in [2.05, 4.69) is 351 Å². The standard InChI is InChI=1S/C104H71N3S/c1-103(2)86-35-16-10-30-76(86)94-82-55-68-49-62-25-8-9-26-63(62)50-69(68)57-84(82)96-79-33-13-19-38-89(79)105(101(96)98(94)103)72-45-43-60(44-46-72)93-78-32-12-18-37-88(78)106(100(93)61-23-6-5-7-24-61)73-28-22-27-64(54-73)65-41-42-66-52-70-56-83-85(58-71(70)53-67(66)51-65)97-80-34-14-20-39-90(80)107(74-47-48-92-81(59-74)75-29-15-21-40-91(75)108-92)102(97)99-95(83)77-31-11-17-36-87(77)104(99,3)4/h5-48,51-55,57,59H,49-50,56,58H2,1-4H3. The Morgan fingerprint density at radius 2 is 0.787 bits per heavy atom. The first-order chi connectivity index (χ1) is 53.1. The summed E-state index contributed by atoms with van der Waals surface area (Å²) in [5.74, 6) is 0. The van der Waals surface area contributed by atoms with E-state index in [-0.39, 0.29) is 10.8 Å². The molecular weight excluding hydrogens is 1320 g/mol. The van der Waals surface area contributed by atoms with E-state index in [1.807, 2.05) is 11.3 Å². The third-order valence-corrected chi connectivity index (χ3v) is 26.9. The Hall–Kier alpha value is -12.6. The van der Waals surface area contributed by atoms with Crippen molar-refractivity contribution in [2.24, 2.45) is 0 Å². The molecule has 0 saturated heterocycles. The smallest absolute Gasteiger partial charge is 0.0619 e. The highest BCUT2D eigenvalue weighted by Crippen LogP contribution is 2.60. The summed E-state index contributed by atoms with van der Waals surface area (Å²) in [5, 5.41) is 14.5. The van der Waals surface area contributed by atoms with E-state index in [9.17, 15) is 0 Å². The lowest BCUT2D eigenvalue weighted by Gasteiger charge is -2.28. The number of rotatable bonds is 6. The highest BCUT2D eigenvalue weighted by atomic mass is 32.1. The van der Waals surface area contributed by atoms with Gasteiger partial charge in [-0.3, -0.25) is 0 Å². The molecular formula is C104H71N3S. The quantitative estimate of drug-likeness (QED) is 0.158. The van der Waals surface area contributed by atoms with Gasteiger partial charge in [-0.1, -0.05) is 252 Å². The van der Waals surface area contributed by atoms with E-state index in [0.29, 0.717) is 0 Å². The number of fused-ring (bicyclic) bond motifs is 28. The second-order valence-corrected chi connectivity index (χ2v) is 33.2. The molecule has 0 spiro atoms. The Kier molecular flexibility index (Phi) is 12.4. The zero-order valence-corrected chi connectivity index (χ0v) is 61.3. The summed E-state index contributed by atoms with van der Waals surface area (Å²) in [7, 11) is 0. The molecule has 16 aromatic carbocycles. The van der Waals surface area contributed by atoms with Crippen LogP contribution in [-0.2, 0) is 36.5 Å². The van der Waals surface area contributed by atoms with E-state index in [4.69, 9.17) is 0 Å². The summed E-state index contributed by atoms with van der Waals surface area (Å²) in [6, 6.07) is 119. The number of nitrogens with zero attached hydrogens (tertiary/aromatic N) is 3. The Morgan fingerprint density at radius 3 is 1.52 bits per heavy atom. The van der Waals surface area contributed by atoms with Crippen LogP contribution in [0.25, 0.3) is 169 Å². The van der Waals surface area contributed by atoms with E-state index in [0.717, 1.165) is 37.1 Å². The maximum Gasteiger partial charge on any atom is 0.0619 e. The number of thiophene rings is 1. The van der Waals surface area contributed by atoms with Crippen LogP contribution in [-0.4, -0.2) is 13.7 Å². The zero-order valence-electron chi connectivity index (χ0n) is 60.5. The van der Waals surface area contributed by atoms with Crippen LogP contribution in [0.1, 0.15) is 94.5 Å². The van der Waals surface area contributed by atoms with E-state index >= 15 is 0 Å². The summed E-state index contributed by atoms with van der Waals surface area (Å²) in [5.41, 5.74) is 39.2. The van der Waals surface area contributed by atoms with Gasteiger partial charge in [-0.15, -0.1) is 11.3 Å². The first-order valence-electron chi connectivity index (χ1n) is 38.4. The van der Waals surface area contributed by atoms with Crippen LogP contribution in [0.15, 0.2) is 309 Å². The molecule has 108 heavy (non-hydrogen) atoms. The number of hydrogen-bond donors (Lipinski definition) is 0. The van der Waals surface area contributed by atoms with Gasteiger partial charge in [-0.25, -0.2) is 0 Å². The molecule has 0 bridgehead atoms. The fraction of sp³-hybridized carbons (Fsp3) is 0.0962. The van der Waals surface area contributed by atoms with Crippen molar-refractivity contribution in [3.05, 3.63) is 376 Å². The third kappa shape index (κ3) is 8.28. The second-order valence-electron chi connectivity index (χ2n) is 32.1. The molecule has 4 aliphatic carbocycles. The highest BCUT2D eigenvalue weighted by molar-refractivity contribution is 7.25. The van der Waals surface area contributed by atoms with Crippen LogP contribution < -0.4 is 0 Å². The van der Waals surface area contributed by atoms with Gasteiger partial charge >= 0.3 is 0 Å². The fourth-order valence-electron chi connectivity index (χ4n) is 21.0. The van der Waals surface area contributed by atoms with Gasteiger partial charge in [-0.2, -0.15) is 0 Å². The average molecular weight is 1390 g/mol. The Labute approximate surface area is 630 Å². The van der Waals surface area contributed by atoms with Gasteiger partial charge in [0.15, 0.2) is 0 Å². The highest BCUT2D eigenvalue weighted by Gasteiger charge is 2.44. The Morgan fingerprint density at radius 1 is 0.278 bits per heavy atom. The molecule has 20 aromatic rings. The minimum Gasteiger partial charge on any atom is -0.309 e. The zero-order chi connectivity index (χ0) is 71.2. The van der Waals surface area contributed by atoms with E-state index in [1.165, 1.54) is 224 Å². The molecule has 0 radical (unpaired) electrons. The topological polar surface area (TPSA) is 14.8 Å². The van der Waals surface area contributed by atoms with Gasteiger partial charge < -0.3 is 13.7 Å². The minimum absolute atomic E-state index is 0.231. The van der Waals surface area contributed by atoms with Crippen molar-refractivity contribution < 1.29 is 0 Å². The van der Waals surface area contributed by atoms with E-state index in [1.54, 1.807) is 0 Å². The molecule has 0 saturated carbocycles. The predicted octanol–water partition coefficient (Wildman–Crippen LogP) is 27.1. The van der Waals surface area contributed by atoms with Crippen molar-refractivity contribution in [2.45, 2.75) is 64.2 Å². The van der Waals surface area contributed by atoms with Crippen molar-refractivity contribution in [3.63, 3.8) is 0 Å². The predicted molar refractivity (Wildman–Crippen MR) is 455 cm³/mol. The van der Waals surface area contributed by atoms with E-state index < -0.39 is 0 Å². The molecule has 3 nitrogen and oxygen atoms in total. The molecule has 0 fully saturated rings. The molecule has 4 aromatic heterocycles. The number of hydrogen-bond acceptors (Lipinski definition) is 1.